The zero-order valence-corrected chi connectivity index (χ0v) is 5.24. The zero-order chi connectivity index (χ0) is 7.40. The SMILES string of the molecule is NC(=O)NN=C1C=CC=C1. The van der Waals surface area contributed by atoms with Crippen LogP contribution in [0.15, 0.2) is 29.4 Å². The quantitative estimate of drug-likeness (QED) is 0.496. The number of nitrogens with zero attached hydrogens (tertiary/aromatic N) is 1. The number of urea groups is 1. The molecule has 0 unspecified atom stereocenters. The van der Waals surface area contributed by atoms with Crippen LogP contribution in [0.25, 0.3) is 0 Å². The summed E-state index contributed by atoms with van der Waals surface area (Å²) in [7, 11) is 0. The van der Waals surface area contributed by atoms with E-state index in [-0.39, 0.29) is 0 Å². The highest BCUT2D eigenvalue weighted by molar-refractivity contribution is 6.06. The number of amides is 2. The Balaban J connectivity index is 2.48. The van der Waals surface area contributed by atoms with Crippen LogP contribution in [0.3, 0.4) is 0 Å². The minimum atomic E-state index is -0.652. The molecule has 0 aromatic rings. The van der Waals surface area contributed by atoms with Gasteiger partial charge in [0.25, 0.3) is 0 Å². The Morgan fingerprint density at radius 1 is 1.50 bits per heavy atom. The highest BCUT2D eigenvalue weighted by Gasteiger charge is 1.92. The third-order valence-corrected chi connectivity index (χ3v) is 0.940. The maximum atomic E-state index is 10.1. The predicted octanol–water partition coefficient (Wildman–Crippen LogP) is 0.137. The second kappa shape index (κ2) is 2.82. The molecule has 0 atom stereocenters. The van der Waals surface area contributed by atoms with Gasteiger partial charge in [0.15, 0.2) is 0 Å². The van der Waals surface area contributed by atoms with E-state index in [0.717, 1.165) is 0 Å². The van der Waals surface area contributed by atoms with Crippen LogP contribution in [0.2, 0.25) is 0 Å². The monoisotopic (exact) mass is 137 g/mol. The molecule has 10 heavy (non-hydrogen) atoms. The molecule has 0 heterocycles. The summed E-state index contributed by atoms with van der Waals surface area (Å²) in [5.41, 5.74) is 7.57. The molecule has 0 fully saturated rings. The van der Waals surface area contributed by atoms with Gasteiger partial charge in [0, 0.05) is 0 Å². The van der Waals surface area contributed by atoms with Crippen molar-refractivity contribution in [1.29, 1.82) is 0 Å². The highest BCUT2D eigenvalue weighted by Crippen LogP contribution is 1.93. The van der Waals surface area contributed by atoms with E-state index in [2.05, 4.69) is 10.5 Å². The number of hydrogen-bond acceptors (Lipinski definition) is 2. The Labute approximate surface area is 58.1 Å². The number of nitrogens with one attached hydrogen (secondary N) is 1. The van der Waals surface area contributed by atoms with Gasteiger partial charge in [0.1, 0.15) is 0 Å². The first-order chi connectivity index (χ1) is 4.79. The number of hydrazone groups is 1. The molecule has 1 aliphatic rings. The molecule has 2 amide bonds. The number of hydrogen-bond donors (Lipinski definition) is 2. The van der Waals surface area contributed by atoms with Gasteiger partial charge in [-0.25, -0.2) is 10.2 Å². The summed E-state index contributed by atoms with van der Waals surface area (Å²) in [6, 6.07) is -0.652. The van der Waals surface area contributed by atoms with Gasteiger partial charge in [0.2, 0.25) is 0 Å². The second-order valence-corrected chi connectivity index (χ2v) is 1.73. The van der Waals surface area contributed by atoms with E-state index in [0.29, 0.717) is 5.71 Å². The minimum absolute atomic E-state index is 0.652. The normalized spacial score (nSPS) is 13.8. The van der Waals surface area contributed by atoms with Crippen LogP contribution in [0.5, 0.6) is 0 Å². The lowest BCUT2D eigenvalue weighted by Gasteiger charge is -1.90. The van der Waals surface area contributed by atoms with Crippen molar-refractivity contribution in [2.24, 2.45) is 10.8 Å². The molecule has 4 nitrogen and oxygen atoms in total. The van der Waals surface area contributed by atoms with Crippen LogP contribution < -0.4 is 11.2 Å². The summed E-state index contributed by atoms with van der Waals surface area (Å²) in [6.07, 6.45) is 7.16. The average molecular weight is 137 g/mol. The number of carbonyl (C=O) groups is 1. The van der Waals surface area contributed by atoms with E-state index >= 15 is 0 Å². The number of carbonyl (C=O) groups excluding carboxylic acids is 1. The van der Waals surface area contributed by atoms with Crippen molar-refractivity contribution >= 4 is 11.7 Å². The zero-order valence-electron chi connectivity index (χ0n) is 5.24. The lowest BCUT2D eigenvalue weighted by atomic mass is 10.4. The fraction of sp³-hybridized carbons (Fsp3) is 0. The van der Waals surface area contributed by atoms with Crippen LogP contribution in [-0.4, -0.2) is 11.7 Å². The largest absolute Gasteiger partial charge is 0.350 e. The Hall–Kier alpha value is -1.58. The maximum absolute atomic E-state index is 10.1. The average Bonchev–Trinajstić information content (AvgIpc) is 2.34. The first-order valence-corrected chi connectivity index (χ1v) is 2.77. The third kappa shape index (κ3) is 1.74. The Morgan fingerprint density at radius 2 is 2.10 bits per heavy atom. The molecule has 0 aliphatic heterocycles. The molecule has 1 aliphatic carbocycles. The summed E-state index contributed by atoms with van der Waals surface area (Å²) in [5.74, 6) is 0. The summed E-state index contributed by atoms with van der Waals surface area (Å²) in [4.78, 5) is 10.1. The first-order valence-electron chi connectivity index (χ1n) is 2.77. The molecular weight excluding hydrogens is 130 g/mol. The van der Waals surface area contributed by atoms with Crippen LogP contribution in [0, 0.1) is 0 Å². The van der Waals surface area contributed by atoms with Gasteiger partial charge >= 0.3 is 6.03 Å². The summed E-state index contributed by atoms with van der Waals surface area (Å²) in [6.45, 7) is 0. The van der Waals surface area contributed by atoms with Crippen molar-refractivity contribution in [2.75, 3.05) is 0 Å². The fourth-order valence-corrected chi connectivity index (χ4v) is 0.558. The smallest absolute Gasteiger partial charge is 0.332 e. The maximum Gasteiger partial charge on any atom is 0.332 e. The molecule has 3 N–H and O–H groups in total. The number of nitrogens with two attached hydrogens (primary N) is 1. The molecule has 0 aromatic heterocycles. The van der Waals surface area contributed by atoms with Crippen molar-refractivity contribution in [3.05, 3.63) is 24.3 Å². The summed E-state index contributed by atoms with van der Waals surface area (Å²) in [5, 5.41) is 3.64. The summed E-state index contributed by atoms with van der Waals surface area (Å²) >= 11 is 0. The fourth-order valence-electron chi connectivity index (χ4n) is 0.558. The lowest BCUT2D eigenvalue weighted by molar-refractivity contribution is 0.249. The molecule has 4 heteroatoms. The lowest BCUT2D eigenvalue weighted by Crippen LogP contribution is -2.25. The van der Waals surface area contributed by atoms with Crippen molar-refractivity contribution in [3.8, 4) is 0 Å². The Morgan fingerprint density at radius 3 is 2.60 bits per heavy atom. The van der Waals surface area contributed by atoms with Gasteiger partial charge in [-0.2, -0.15) is 5.10 Å². The molecule has 0 spiro atoms. The standard InChI is InChI=1S/C6H7N3O/c7-6(10)9-8-5-3-1-2-4-5/h1-4H,(H3,7,9,10). The molecule has 52 valence electrons. The molecule has 0 saturated heterocycles. The number of primary amides is 1. The van der Waals surface area contributed by atoms with Crippen LogP contribution in [0.4, 0.5) is 4.79 Å². The van der Waals surface area contributed by atoms with Gasteiger partial charge in [0.05, 0.1) is 5.71 Å². The molecule has 0 radical (unpaired) electrons. The van der Waals surface area contributed by atoms with Gasteiger partial charge in [-0.3, -0.25) is 0 Å². The van der Waals surface area contributed by atoms with Gasteiger partial charge in [-0.15, -0.1) is 0 Å². The van der Waals surface area contributed by atoms with Gasteiger partial charge in [-0.05, 0) is 12.2 Å². The van der Waals surface area contributed by atoms with Crippen LogP contribution in [0.1, 0.15) is 0 Å². The van der Waals surface area contributed by atoms with E-state index in [4.69, 9.17) is 5.73 Å². The van der Waals surface area contributed by atoms with Gasteiger partial charge < -0.3 is 5.73 Å². The van der Waals surface area contributed by atoms with Crippen molar-refractivity contribution < 1.29 is 4.79 Å². The van der Waals surface area contributed by atoms with Crippen LogP contribution >= 0.6 is 0 Å². The summed E-state index contributed by atoms with van der Waals surface area (Å²) < 4.78 is 0. The number of rotatable bonds is 1. The van der Waals surface area contributed by atoms with E-state index in [1.165, 1.54) is 0 Å². The van der Waals surface area contributed by atoms with E-state index < -0.39 is 6.03 Å². The van der Waals surface area contributed by atoms with Crippen LogP contribution in [-0.2, 0) is 0 Å². The molecule has 1 rings (SSSR count). The van der Waals surface area contributed by atoms with E-state index in [9.17, 15) is 4.79 Å². The molecule has 0 saturated carbocycles. The van der Waals surface area contributed by atoms with Crippen molar-refractivity contribution in [1.82, 2.24) is 5.43 Å². The first kappa shape index (κ1) is 6.54. The number of allylic oxidation sites excluding steroid dienone is 4. The van der Waals surface area contributed by atoms with Crippen molar-refractivity contribution in [3.63, 3.8) is 0 Å². The highest BCUT2D eigenvalue weighted by atomic mass is 16.2. The van der Waals surface area contributed by atoms with Crippen molar-refractivity contribution in [2.45, 2.75) is 0 Å². The van der Waals surface area contributed by atoms with E-state index in [1.807, 2.05) is 12.2 Å². The Kier molecular flexibility index (Phi) is 1.84. The third-order valence-electron chi connectivity index (χ3n) is 0.940. The predicted molar refractivity (Wildman–Crippen MR) is 38.4 cm³/mol. The molecule has 0 aromatic carbocycles. The Bertz CT molecular complexity index is 213. The van der Waals surface area contributed by atoms with E-state index in [1.54, 1.807) is 12.2 Å². The minimum Gasteiger partial charge on any atom is -0.350 e. The topological polar surface area (TPSA) is 67.5 Å². The second-order valence-electron chi connectivity index (χ2n) is 1.73. The molecular formula is C6H7N3O. The molecule has 0 bridgehead atoms. The van der Waals surface area contributed by atoms with Gasteiger partial charge in [-0.1, -0.05) is 12.2 Å².